The molecule has 0 atom stereocenters. The third kappa shape index (κ3) is 3.92. The first kappa shape index (κ1) is 18.1. The first-order valence-corrected chi connectivity index (χ1v) is 8.73. The number of rotatable bonds is 8. The Morgan fingerprint density at radius 2 is 2.15 bits per heavy atom. The van der Waals surface area contributed by atoms with Crippen LogP contribution in [-0.4, -0.2) is 23.6 Å². The van der Waals surface area contributed by atoms with Gasteiger partial charge < -0.3 is 10.1 Å². The van der Waals surface area contributed by atoms with Gasteiger partial charge in [-0.25, -0.2) is 9.37 Å². The summed E-state index contributed by atoms with van der Waals surface area (Å²) < 4.78 is 19.1. The molecule has 1 aromatic carbocycles. The van der Waals surface area contributed by atoms with E-state index in [0.29, 0.717) is 23.2 Å². The highest BCUT2D eigenvalue weighted by atomic mass is 19.1. The highest BCUT2D eigenvalue weighted by Crippen LogP contribution is 2.38. The van der Waals surface area contributed by atoms with Crippen LogP contribution in [0.2, 0.25) is 0 Å². The zero-order chi connectivity index (χ0) is 18.7. The number of halogens is 1. The van der Waals surface area contributed by atoms with E-state index in [1.807, 2.05) is 0 Å². The summed E-state index contributed by atoms with van der Waals surface area (Å²) in [6.07, 6.45) is 6.16. The van der Waals surface area contributed by atoms with Crippen LogP contribution >= 0.6 is 0 Å². The van der Waals surface area contributed by atoms with Crippen LogP contribution in [0.1, 0.15) is 31.2 Å². The number of ether oxygens (including phenoxy) is 1. The lowest BCUT2D eigenvalue weighted by Crippen LogP contribution is -2.07. The maximum atomic E-state index is 14.2. The Labute approximate surface area is 151 Å². The molecule has 0 amide bonds. The molecule has 3 rings (SSSR count). The van der Waals surface area contributed by atoms with Crippen molar-refractivity contribution in [3.8, 4) is 16.9 Å². The molecular weight excluding hydrogens is 337 g/mol. The van der Waals surface area contributed by atoms with Gasteiger partial charge in [-0.1, -0.05) is 12.8 Å². The normalized spacial score (nSPS) is 13.5. The molecule has 0 unspecified atom stereocenters. The van der Waals surface area contributed by atoms with E-state index in [0.717, 1.165) is 18.8 Å². The standard InChI is InChI=1S/C19H22FN3O3/c1-12-10-17(26-2)16(20)11-15(12)14-7-9-22-19(18(14)23(24)25)21-8-3-4-13-5-6-13/h7,9-11,13H,3-6,8H2,1-2H3,(H,21,22). The van der Waals surface area contributed by atoms with Gasteiger partial charge in [0.2, 0.25) is 5.82 Å². The molecule has 1 heterocycles. The largest absolute Gasteiger partial charge is 0.494 e. The van der Waals surface area contributed by atoms with Crippen molar-refractivity contribution in [3.05, 3.63) is 45.9 Å². The number of pyridine rings is 1. The maximum Gasteiger partial charge on any atom is 0.319 e. The van der Waals surface area contributed by atoms with Crippen LogP contribution in [0, 0.1) is 28.8 Å². The summed E-state index contributed by atoms with van der Waals surface area (Å²) in [5, 5.41) is 14.8. The monoisotopic (exact) mass is 359 g/mol. The summed E-state index contributed by atoms with van der Waals surface area (Å²) in [5.41, 5.74) is 1.36. The third-order valence-corrected chi connectivity index (χ3v) is 4.67. The molecule has 0 aliphatic heterocycles. The number of anilines is 1. The SMILES string of the molecule is COc1cc(C)c(-c2ccnc(NCCCC3CC3)c2[N+](=O)[O-])cc1F. The van der Waals surface area contributed by atoms with E-state index in [2.05, 4.69) is 10.3 Å². The fraction of sp³-hybridized carbons (Fsp3) is 0.421. The second kappa shape index (κ2) is 7.68. The minimum absolute atomic E-state index is 0.112. The molecule has 0 saturated heterocycles. The molecule has 0 bridgehead atoms. The first-order valence-electron chi connectivity index (χ1n) is 8.73. The van der Waals surface area contributed by atoms with Gasteiger partial charge in [0.15, 0.2) is 11.6 Å². The van der Waals surface area contributed by atoms with Crippen molar-refractivity contribution in [1.82, 2.24) is 4.98 Å². The van der Waals surface area contributed by atoms with Crippen molar-refractivity contribution in [2.24, 2.45) is 5.92 Å². The second-order valence-corrected chi connectivity index (χ2v) is 6.63. The number of nitrogens with one attached hydrogen (secondary N) is 1. The van der Waals surface area contributed by atoms with E-state index < -0.39 is 10.7 Å². The highest BCUT2D eigenvalue weighted by molar-refractivity contribution is 5.82. The lowest BCUT2D eigenvalue weighted by Gasteiger charge is -2.12. The molecule has 1 aromatic heterocycles. The van der Waals surface area contributed by atoms with Crippen molar-refractivity contribution >= 4 is 11.5 Å². The highest BCUT2D eigenvalue weighted by Gasteiger charge is 2.25. The zero-order valence-electron chi connectivity index (χ0n) is 14.9. The van der Waals surface area contributed by atoms with Crippen LogP contribution in [-0.2, 0) is 0 Å². The van der Waals surface area contributed by atoms with Crippen molar-refractivity contribution in [2.75, 3.05) is 19.0 Å². The van der Waals surface area contributed by atoms with E-state index in [4.69, 9.17) is 4.74 Å². The minimum atomic E-state index is -0.557. The van der Waals surface area contributed by atoms with E-state index in [9.17, 15) is 14.5 Å². The Morgan fingerprint density at radius 3 is 2.81 bits per heavy atom. The van der Waals surface area contributed by atoms with Crippen LogP contribution < -0.4 is 10.1 Å². The van der Waals surface area contributed by atoms with E-state index in [-0.39, 0.29) is 17.3 Å². The minimum Gasteiger partial charge on any atom is -0.494 e. The number of aryl methyl sites for hydroxylation is 1. The Kier molecular flexibility index (Phi) is 5.35. The van der Waals surface area contributed by atoms with E-state index >= 15 is 0 Å². The van der Waals surface area contributed by atoms with Gasteiger partial charge in [0.05, 0.1) is 17.6 Å². The van der Waals surface area contributed by atoms with E-state index in [1.165, 1.54) is 38.3 Å². The fourth-order valence-corrected chi connectivity index (χ4v) is 3.09. The zero-order valence-corrected chi connectivity index (χ0v) is 14.9. The Morgan fingerprint density at radius 1 is 1.38 bits per heavy atom. The van der Waals surface area contributed by atoms with Crippen molar-refractivity contribution in [3.63, 3.8) is 0 Å². The summed E-state index contributed by atoms with van der Waals surface area (Å²) in [5.74, 6) is 0.592. The molecule has 1 aliphatic rings. The average Bonchev–Trinajstić information content (AvgIpc) is 3.44. The van der Waals surface area contributed by atoms with Crippen molar-refractivity contribution in [2.45, 2.75) is 32.6 Å². The first-order chi connectivity index (χ1) is 12.5. The molecule has 7 heteroatoms. The topological polar surface area (TPSA) is 77.3 Å². The van der Waals surface area contributed by atoms with Crippen molar-refractivity contribution in [1.29, 1.82) is 0 Å². The molecule has 1 fully saturated rings. The molecular formula is C19H22FN3O3. The summed E-state index contributed by atoms with van der Waals surface area (Å²) >= 11 is 0. The van der Waals surface area contributed by atoms with Gasteiger partial charge in [0.1, 0.15) is 0 Å². The molecule has 1 aliphatic carbocycles. The molecule has 1 N–H and O–H groups in total. The average molecular weight is 359 g/mol. The Balaban J connectivity index is 1.92. The summed E-state index contributed by atoms with van der Waals surface area (Å²) in [7, 11) is 1.38. The Bertz CT molecular complexity index is 822. The summed E-state index contributed by atoms with van der Waals surface area (Å²) in [6, 6.07) is 4.35. The van der Waals surface area contributed by atoms with Gasteiger partial charge in [-0.2, -0.15) is 0 Å². The quantitative estimate of drug-likeness (QED) is 0.419. The lowest BCUT2D eigenvalue weighted by molar-refractivity contribution is -0.383. The molecule has 138 valence electrons. The maximum absolute atomic E-state index is 14.2. The molecule has 1 saturated carbocycles. The third-order valence-electron chi connectivity index (χ3n) is 4.67. The van der Waals surface area contributed by atoms with Gasteiger partial charge in [-0.3, -0.25) is 10.1 Å². The van der Waals surface area contributed by atoms with Crippen LogP contribution in [0.4, 0.5) is 15.9 Å². The number of nitrogens with zero attached hydrogens (tertiary/aromatic N) is 2. The number of methoxy groups -OCH3 is 1. The van der Waals surface area contributed by atoms with Crippen LogP contribution in [0.15, 0.2) is 24.4 Å². The number of nitro groups is 1. The molecule has 26 heavy (non-hydrogen) atoms. The smallest absolute Gasteiger partial charge is 0.319 e. The number of benzene rings is 1. The predicted octanol–water partition coefficient (Wildman–Crippen LogP) is 4.72. The second-order valence-electron chi connectivity index (χ2n) is 6.63. The predicted molar refractivity (Wildman–Crippen MR) is 98.0 cm³/mol. The van der Waals surface area contributed by atoms with Crippen molar-refractivity contribution < 1.29 is 14.1 Å². The molecule has 2 aromatic rings. The summed E-state index contributed by atoms with van der Waals surface area (Å²) in [6.45, 7) is 2.40. The lowest BCUT2D eigenvalue weighted by atomic mass is 9.99. The summed E-state index contributed by atoms with van der Waals surface area (Å²) in [4.78, 5) is 15.4. The van der Waals surface area contributed by atoms with Crippen LogP contribution in [0.3, 0.4) is 0 Å². The molecule has 0 radical (unpaired) electrons. The van der Waals surface area contributed by atoms with Gasteiger partial charge in [-0.15, -0.1) is 0 Å². The van der Waals surface area contributed by atoms with E-state index in [1.54, 1.807) is 13.0 Å². The molecule has 0 spiro atoms. The van der Waals surface area contributed by atoms with Gasteiger partial charge >= 0.3 is 5.69 Å². The number of aromatic nitrogens is 1. The Hall–Kier alpha value is -2.70. The van der Waals surface area contributed by atoms with Gasteiger partial charge in [0.25, 0.3) is 0 Å². The number of hydrogen-bond donors (Lipinski definition) is 1. The molecule has 6 nitrogen and oxygen atoms in total. The van der Waals surface area contributed by atoms with Crippen LogP contribution in [0.5, 0.6) is 5.75 Å². The van der Waals surface area contributed by atoms with Gasteiger partial charge in [0, 0.05) is 12.7 Å². The van der Waals surface area contributed by atoms with Crippen LogP contribution in [0.25, 0.3) is 11.1 Å². The fourth-order valence-electron chi connectivity index (χ4n) is 3.09. The number of hydrogen-bond acceptors (Lipinski definition) is 5. The van der Waals surface area contributed by atoms with Gasteiger partial charge in [-0.05, 0) is 55.0 Å².